The van der Waals surface area contributed by atoms with Gasteiger partial charge in [-0.15, -0.1) is 0 Å². The summed E-state index contributed by atoms with van der Waals surface area (Å²) in [5.41, 5.74) is 3.66. The fourth-order valence-electron chi connectivity index (χ4n) is 2.73. The van der Waals surface area contributed by atoms with Gasteiger partial charge in [-0.3, -0.25) is 9.59 Å². The average Bonchev–Trinajstić information content (AvgIpc) is 2.51. The summed E-state index contributed by atoms with van der Waals surface area (Å²) < 4.78 is 0. The summed E-state index contributed by atoms with van der Waals surface area (Å²) in [6, 6.07) is 0. The Labute approximate surface area is 145 Å². The van der Waals surface area contributed by atoms with Crippen LogP contribution in [0.1, 0.15) is 72.6 Å². The zero-order valence-electron chi connectivity index (χ0n) is 15.4. The van der Waals surface area contributed by atoms with Gasteiger partial charge in [-0.05, 0) is 52.9 Å². The van der Waals surface area contributed by atoms with Crippen LogP contribution >= 0.6 is 0 Å². The number of carbonyl (C=O) groups is 2. The van der Waals surface area contributed by atoms with Crippen LogP contribution in [0, 0.1) is 0 Å². The first-order valence-corrected chi connectivity index (χ1v) is 8.87. The summed E-state index contributed by atoms with van der Waals surface area (Å²) >= 11 is 0. The summed E-state index contributed by atoms with van der Waals surface area (Å²) in [4.78, 5) is 23.9. The minimum absolute atomic E-state index is 0.0422. The first kappa shape index (κ1) is 20.1. The maximum absolute atomic E-state index is 12.2. The van der Waals surface area contributed by atoms with Crippen molar-refractivity contribution < 1.29 is 14.7 Å². The molecule has 0 aliphatic heterocycles. The smallest absolute Gasteiger partial charge is 0.229 e. The number of hydrogen-bond acceptors (Lipinski definition) is 3. The van der Waals surface area contributed by atoms with E-state index in [-0.39, 0.29) is 5.76 Å². The molecule has 0 heterocycles. The van der Waals surface area contributed by atoms with Gasteiger partial charge in [0.1, 0.15) is 5.76 Å². The summed E-state index contributed by atoms with van der Waals surface area (Å²) in [5, 5.41) is 10.1. The van der Waals surface area contributed by atoms with Crippen LogP contribution in [0.15, 0.2) is 46.3 Å². The average molecular weight is 330 g/mol. The number of rotatable bonds is 9. The van der Waals surface area contributed by atoms with Crippen molar-refractivity contribution in [3.63, 3.8) is 0 Å². The number of hydrogen-bond donors (Lipinski definition) is 1. The molecule has 0 aromatic carbocycles. The number of Topliss-reactive ketones (excluding diaryl/α,β-unsaturated/α-hetero) is 1. The molecule has 0 aromatic rings. The van der Waals surface area contributed by atoms with E-state index in [0.717, 1.165) is 38.2 Å². The molecule has 0 atom stereocenters. The van der Waals surface area contributed by atoms with Crippen molar-refractivity contribution in [1.29, 1.82) is 0 Å². The van der Waals surface area contributed by atoms with Gasteiger partial charge >= 0.3 is 0 Å². The predicted octanol–water partition coefficient (Wildman–Crippen LogP) is 5.54. The van der Waals surface area contributed by atoms with Crippen LogP contribution in [0.2, 0.25) is 0 Å². The Bertz CT molecular complexity index is 597. The molecule has 0 aromatic heterocycles. The van der Waals surface area contributed by atoms with Crippen LogP contribution in [-0.2, 0) is 9.59 Å². The van der Waals surface area contributed by atoms with Crippen LogP contribution in [0.3, 0.4) is 0 Å². The SMILES string of the molecule is CCCCCC1=C(C/C=C(\C)CCC=C(C)C)C(O)=CC(=O)C1=O. The number of allylic oxidation sites excluding steroid dienone is 7. The van der Waals surface area contributed by atoms with Crippen molar-refractivity contribution in [1.82, 2.24) is 0 Å². The molecule has 1 N–H and O–H groups in total. The third-order valence-corrected chi connectivity index (χ3v) is 4.22. The molecule has 0 radical (unpaired) electrons. The Hall–Kier alpha value is -1.90. The maximum Gasteiger partial charge on any atom is 0.229 e. The van der Waals surface area contributed by atoms with E-state index in [1.54, 1.807) is 0 Å². The first-order chi connectivity index (χ1) is 11.4. The molecule has 0 saturated carbocycles. The molecule has 0 spiro atoms. The topological polar surface area (TPSA) is 54.4 Å². The van der Waals surface area contributed by atoms with Gasteiger partial charge in [-0.25, -0.2) is 0 Å². The maximum atomic E-state index is 12.2. The van der Waals surface area contributed by atoms with E-state index < -0.39 is 11.6 Å². The van der Waals surface area contributed by atoms with Crippen LogP contribution in [-0.4, -0.2) is 16.7 Å². The summed E-state index contributed by atoms with van der Waals surface area (Å²) in [6.07, 6.45) is 11.3. The zero-order valence-corrected chi connectivity index (χ0v) is 15.4. The van der Waals surface area contributed by atoms with Crippen molar-refractivity contribution in [2.24, 2.45) is 0 Å². The van der Waals surface area contributed by atoms with Crippen LogP contribution in [0.5, 0.6) is 0 Å². The van der Waals surface area contributed by atoms with Crippen LogP contribution in [0.4, 0.5) is 0 Å². The fourth-order valence-corrected chi connectivity index (χ4v) is 2.73. The van der Waals surface area contributed by atoms with E-state index in [2.05, 4.69) is 39.8 Å². The van der Waals surface area contributed by atoms with Gasteiger partial charge in [-0.1, -0.05) is 43.1 Å². The highest BCUT2D eigenvalue weighted by atomic mass is 16.3. The van der Waals surface area contributed by atoms with E-state index >= 15 is 0 Å². The van der Waals surface area contributed by atoms with Gasteiger partial charge in [0.25, 0.3) is 0 Å². The third kappa shape index (κ3) is 6.31. The molecule has 24 heavy (non-hydrogen) atoms. The van der Waals surface area contributed by atoms with Gasteiger partial charge in [0, 0.05) is 17.2 Å². The molecular formula is C21H30O3. The van der Waals surface area contributed by atoms with Gasteiger partial charge in [0.2, 0.25) is 11.6 Å². The third-order valence-electron chi connectivity index (χ3n) is 4.22. The number of ketones is 2. The quantitative estimate of drug-likeness (QED) is 0.261. The van der Waals surface area contributed by atoms with E-state index in [1.165, 1.54) is 11.1 Å². The second kappa shape index (κ2) is 10.1. The molecular weight excluding hydrogens is 300 g/mol. The monoisotopic (exact) mass is 330 g/mol. The second-order valence-electron chi connectivity index (χ2n) is 6.71. The number of carbonyl (C=O) groups excluding carboxylic acids is 2. The normalized spacial score (nSPS) is 15.7. The van der Waals surface area contributed by atoms with Gasteiger partial charge in [0.05, 0.1) is 0 Å². The summed E-state index contributed by atoms with van der Waals surface area (Å²) in [6.45, 7) is 8.33. The first-order valence-electron chi connectivity index (χ1n) is 8.87. The minimum atomic E-state index is -0.605. The lowest BCUT2D eigenvalue weighted by Gasteiger charge is -2.16. The summed E-state index contributed by atoms with van der Waals surface area (Å²) in [7, 11) is 0. The van der Waals surface area contributed by atoms with E-state index in [0.29, 0.717) is 24.0 Å². The van der Waals surface area contributed by atoms with Crippen molar-refractivity contribution >= 4 is 11.6 Å². The molecule has 0 fully saturated rings. The number of aliphatic hydroxyl groups is 1. The van der Waals surface area contributed by atoms with Crippen LogP contribution in [0.25, 0.3) is 0 Å². The molecule has 0 amide bonds. The predicted molar refractivity (Wildman–Crippen MR) is 98.9 cm³/mol. The minimum Gasteiger partial charge on any atom is -0.508 e. The lowest BCUT2D eigenvalue weighted by molar-refractivity contribution is -0.132. The molecule has 0 bridgehead atoms. The van der Waals surface area contributed by atoms with Gasteiger partial charge < -0.3 is 5.11 Å². The van der Waals surface area contributed by atoms with Crippen molar-refractivity contribution in [2.75, 3.05) is 0 Å². The highest BCUT2D eigenvalue weighted by Gasteiger charge is 2.27. The zero-order chi connectivity index (χ0) is 18.1. The molecule has 0 saturated heterocycles. The Morgan fingerprint density at radius 1 is 1.08 bits per heavy atom. The van der Waals surface area contributed by atoms with E-state index in [4.69, 9.17) is 0 Å². The molecule has 1 aliphatic carbocycles. The lowest BCUT2D eigenvalue weighted by Crippen LogP contribution is -2.21. The van der Waals surface area contributed by atoms with Crippen LogP contribution < -0.4 is 0 Å². The van der Waals surface area contributed by atoms with Crippen molar-refractivity contribution in [3.8, 4) is 0 Å². The van der Waals surface area contributed by atoms with Gasteiger partial charge in [-0.2, -0.15) is 0 Å². The standard InChI is InChI=1S/C21H30O3/c1-5-6-7-11-18-17(19(22)14-20(23)21(18)24)13-12-16(4)10-8-9-15(2)3/h9,12,14,22H,5-8,10-11,13H2,1-4H3/b16-12+. The Balaban J connectivity index is 2.88. The highest BCUT2D eigenvalue weighted by molar-refractivity contribution is 6.48. The van der Waals surface area contributed by atoms with Crippen molar-refractivity contribution in [2.45, 2.75) is 72.6 Å². The fraction of sp³-hybridized carbons (Fsp3) is 0.524. The Kier molecular flexibility index (Phi) is 8.45. The molecule has 3 heteroatoms. The van der Waals surface area contributed by atoms with E-state index in [1.807, 2.05) is 0 Å². The van der Waals surface area contributed by atoms with Gasteiger partial charge in [0.15, 0.2) is 0 Å². The van der Waals surface area contributed by atoms with Crippen molar-refractivity contribution in [3.05, 3.63) is 46.3 Å². The Morgan fingerprint density at radius 3 is 2.42 bits per heavy atom. The molecule has 0 unspecified atom stereocenters. The second-order valence-corrected chi connectivity index (χ2v) is 6.71. The van der Waals surface area contributed by atoms with E-state index in [9.17, 15) is 14.7 Å². The number of unbranched alkanes of at least 4 members (excludes halogenated alkanes) is 2. The number of aliphatic hydroxyl groups excluding tert-OH is 1. The highest BCUT2D eigenvalue weighted by Crippen LogP contribution is 2.27. The largest absolute Gasteiger partial charge is 0.508 e. The molecule has 1 rings (SSSR count). The Morgan fingerprint density at radius 2 is 1.79 bits per heavy atom. The lowest BCUT2D eigenvalue weighted by atomic mass is 9.88. The molecule has 1 aliphatic rings. The molecule has 132 valence electrons. The summed E-state index contributed by atoms with van der Waals surface area (Å²) in [5.74, 6) is -1.10. The molecule has 3 nitrogen and oxygen atoms in total.